The highest BCUT2D eigenvalue weighted by atomic mass is 79.9. The number of oxime groups is 1. The molecule has 0 aromatic heterocycles. The van der Waals surface area contributed by atoms with Crippen molar-refractivity contribution in [2.75, 3.05) is 14.2 Å². The summed E-state index contributed by atoms with van der Waals surface area (Å²) < 4.78 is 5.67. The first-order valence-corrected chi connectivity index (χ1v) is 7.05. The quantitative estimate of drug-likeness (QED) is 0.458. The van der Waals surface area contributed by atoms with Crippen molar-refractivity contribution < 1.29 is 19.2 Å². The van der Waals surface area contributed by atoms with Gasteiger partial charge in [0, 0.05) is 4.47 Å². The van der Waals surface area contributed by atoms with E-state index in [1.165, 1.54) is 14.2 Å². The Bertz CT molecular complexity index is 502. The van der Waals surface area contributed by atoms with E-state index in [9.17, 15) is 9.59 Å². The average molecular weight is 357 g/mol. The van der Waals surface area contributed by atoms with Gasteiger partial charge in [0.15, 0.2) is 0 Å². The summed E-state index contributed by atoms with van der Waals surface area (Å²) in [4.78, 5) is 27.6. The second-order valence-electron chi connectivity index (χ2n) is 4.17. The van der Waals surface area contributed by atoms with E-state index >= 15 is 0 Å². The van der Waals surface area contributed by atoms with Gasteiger partial charge in [-0.05, 0) is 30.5 Å². The molecule has 1 aromatic rings. The lowest BCUT2D eigenvalue weighted by Crippen LogP contribution is -2.42. The normalized spacial score (nSPS) is 12.0. The van der Waals surface area contributed by atoms with Crippen LogP contribution < -0.4 is 5.32 Å². The molecule has 0 aliphatic carbocycles. The summed E-state index contributed by atoms with van der Waals surface area (Å²) in [7, 11) is 2.61. The van der Waals surface area contributed by atoms with E-state index in [0.717, 1.165) is 16.3 Å². The zero-order valence-corrected chi connectivity index (χ0v) is 13.4. The molecule has 1 aromatic carbocycles. The smallest absolute Gasteiger partial charge is 0.328 e. The van der Waals surface area contributed by atoms with Crippen molar-refractivity contribution in [3.8, 4) is 0 Å². The zero-order valence-electron chi connectivity index (χ0n) is 11.8. The molecule has 1 amide bonds. The van der Waals surface area contributed by atoms with Crippen LogP contribution in [-0.2, 0) is 25.6 Å². The molecule has 114 valence electrons. The summed E-state index contributed by atoms with van der Waals surface area (Å²) >= 11 is 3.36. The fourth-order valence-corrected chi connectivity index (χ4v) is 1.93. The Kier molecular flexibility index (Phi) is 7.45. The number of esters is 1. The van der Waals surface area contributed by atoms with Crippen molar-refractivity contribution in [1.82, 2.24) is 5.32 Å². The van der Waals surface area contributed by atoms with E-state index in [1.807, 2.05) is 24.3 Å². The molecule has 0 heterocycles. The van der Waals surface area contributed by atoms with Gasteiger partial charge >= 0.3 is 5.97 Å². The Balaban J connectivity index is 2.61. The van der Waals surface area contributed by atoms with Gasteiger partial charge in [-0.15, -0.1) is 0 Å². The number of carbonyl (C=O) groups excluding carboxylic acids is 2. The number of benzene rings is 1. The Morgan fingerprint density at radius 1 is 1.33 bits per heavy atom. The minimum absolute atomic E-state index is 0.431. The minimum atomic E-state index is -0.727. The number of hydrogen-bond donors (Lipinski definition) is 1. The summed E-state index contributed by atoms with van der Waals surface area (Å²) in [6, 6.07) is 7.02. The maximum Gasteiger partial charge on any atom is 0.328 e. The number of methoxy groups -OCH3 is 1. The van der Waals surface area contributed by atoms with Crippen LogP contribution in [0.3, 0.4) is 0 Å². The Morgan fingerprint density at radius 2 is 2.00 bits per heavy atom. The number of ether oxygens (including phenoxy) is 1. The molecule has 1 N–H and O–H groups in total. The highest BCUT2D eigenvalue weighted by Crippen LogP contribution is 2.12. The van der Waals surface area contributed by atoms with Gasteiger partial charge in [0.05, 0.1) is 7.11 Å². The number of carbonyl (C=O) groups is 2. The van der Waals surface area contributed by atoms with Crippen LogP contribution in [0.25, 0.3) is 0 Å². The van der Waals surface area contributed by atoms with E-state index in [4.69, 9.17) is 0 Å². The van der Waals surface area contributed by atoms with Crippen LogP contribution in [0.2, 0.25) is 0 Å². The van der Waals surface area contributed by atoms with Crippen LogP contribution in [-0.4, -0.2) is 38.4 Å². The van der Waals surface area contributed by atoms with Gasteiger partial charge in [-0.3, -0.25) is 4.79 Å². The summed E-state index contributed by atoms with van der Waals surface area (Å²) in [5.74, 6) is -1.01. The van der Waals surface area contributed by atoms with Crippen molar-refractivity contribution >= 4 is 34.0 Å². The molecule has 0 saturated heterocycles. The topological polar surface area (TPSA) is 77.0 Å². The van der Waals surface area contributed by atoms with E-state index in [2.05, 4.69) is 36.0 Å². The number of hydrogen-bond acceptors (Lipinski definition) is 5. The van der Waals surface area contributed by atoms with Crippen LogP contribution in [0.4, 0.5) is 0 Å². The predicted molar refractivity (Wildman–Crippen MR) is 81.9 cm³/mol. The molecular weight excluding hydrogens is 340 g/mol. The summed E-state index contributed by atoms with van der Waals surface area (Å²) in [5.41, 5.74) is 1.06. The van der Waals surface area contributed by atoms with Crippen LogP contribution >= 0.6 is 15.9 Å². The molecule has 0 unspecified atom stereocenters. The lowest BCUT2D eigenvalue weighted by molar-refractivity contribution is -0.144. The molecule has 0 spiro atoms. The third-order valence-corrected chi connectivity index (χ3v) is 3.24. The first-order chi connectivity index (χ1) is 10.1. The number of amides is 1. The highest BCUT2D eigenvalue weighted by Gasteiger charge is 2.20. The van der Waals surface area contributed by atoms with Gasteiger partial charge < -0.3 is 14.9 Å². The molecule has 0 fully saturated rings. The molecule has 6 nitrogen and oxygen atoms in total. The van der Waals surface area contributed by atoms with Gasteiger partial charge in [0.1, 0.15) is 19.4 Å². The number of nitrogens with one attached hydrogen (secondary N) is 1. The Labute approximate surface area is 131 Å². The van der Waals surface area contributed by atoms with E-state index in [-0.39, 0.29) is 0 Å². The van der Waals surface area contributed by atoms with Crippen molar-refractivity contribution in [3.05, 3.63) is 34.3 Å². The van der Waals surface area contributed by atoms with E-state index in [1.54, 1.807) is 0 Å². The standard InChI is InChI=1S/C14H17BrN2O4/c1-20-14(19)12(17-13(18)9-16-21-2)8-5-10-3-6-11(15)7-4-10/h3-4,6-7,9,12H,5,8H2,1-2H3,(H,17,18)/b16-9+/t12-/m0/s1. The maximum atomic E-state index is 11.7. The minimum Gasteiger partial charge on any atom is -0.467 e. The number of halogens is 1. The third kappa shape index (κ3) is 6.40. The summed E-state index contributed by atoms with van der Waals surface area (Å²) in [6.07, 6.45) is 2.03. The fourth-order valence-electron chi connectivity index (χ4n) is 1.66. The van der Waals surface area contributed by atoms with Crippen LogP contribution in [0.15, 0.2) is 33.9 Å². The zero-order chi connectivity index (χ0) is 15.7. The summed E-state index contributed by atoms with van der Waals surface area (Å²) in [5, 5.41) is 5.88. The van der Waals surface area contributed by atoms with Gasteiger partial charge in [-0.1, -0.05) is 33.2 Å². The van der Waals surface area contributed by atoms with Gasteiger partial charge in [-0.25, -0.2) is 4.79 Å². The lowest BCUT2D eigenvalue weighted by Gasteiger charge is -2.15. The first-order valence-electron chi connectivity index (χ1n) is 6.26. The van der Waals surface area contributed by atoms with Gasteiger partial charge in [0.2, 0.25) is 0 Å². The van der Waals surface area contributed by atoms with E-state index < -0.39 is 17.9 Å². The van der Waals surface area contributed by atoms with Crippen LogP contribution in [0.5, 0.6) is 0 Å². The Hall–Kier alpha value is -1.89. The number of aryl methyl sites for hydroxylation is 1. The molecule has 7 heteroatoms. The van der Waals surface area contributed by atoms with Crippen molar-refractivity contribution in [3.63, 3.8) is 0 Å². The van der Waals surface area contributed by atoms with Crippen molar-refractivity contribution in [2.24, 2.45) is 5.16 Å². The largest absolute Gasteiger partial charge is 0.467 e. The second-order valence-corrected chi connectivity index (χ2v) is 5.08. The van der Waals surface area contributed by atoms with Crippen molar-refractivity contribution in [1.29, 1.82) is 0 Å². The number of nitrogens with zero attached hydrogens (tertiary/aromatic N) is 1. The average Bonchev–Trinajstić information content (AvgIpc) is 2.50. The molecule has 0 bridgehead atoms. The van der Waals surface area contributed by atoms with Crippen LogP contribution in [0, 0.1) is 0 Å². The molecule has 21 heavy (non-hydrogen) atoms. The molecule has 0 aliphatic rings. The summed E-state index contributed by atoms with van der Waals surface area (Å²) in [6.45, 7) is 0. The lowest BCUT2D eigenvalue weighted by atomic mass is 10.1. The SMILES string of the molecule is CO/N=C/C(=O)N[C@@H](CCc1ccc(Br)cc1)C(=O)OC. The molecule has 0 saturated carbocycles. The van der Waals surface area contributed by atoms with Crippen molar-refractivity contribution in [2.45, 2.75) is 18.9 Å². The molecule has 0 radical (unpaired) electrons. The number of rotatable bonds is 7. The molecule has 0 aliphatic heterocycles. The fraction of sp³-hybridized carbons (Fsp3) is 0.357. The molecular formula is C14H17BrN2O4. The molecule has 1 atom stereocenters. The predicted octanol–water partition coefficient (Wildman–Crippen LogP) is 1.67. The second kappa shape index (κ2) is 9.12. The highest BCUT2D eigenvalue weighted by molar-refractivity contribution is 9.10. The van der Waals surface area contributed by atoms with E-state index in [0.29, 0.717) is 12.8 Å². The first kappa shape index (κ1) is 17.2. The van der Waals surface area contributed by atoms with Gasteiger partial charge in [0.25, 0.3) is 5.91 Å². The molecule has 1 rings (SSSR count). The van der Waals surface area contributed by atoms with Crippen LogP contribution in [0.1, 0.15) is 12.0 Å². The van der Waals surface area contributed by atoms with Gasteiger partial charge in [-0.2, -0.15) is 0 Å². The third-order valence-electron chi connectivity index (χ3n) is 2.71. The maximum absolute atomic E-state index is 11.7. The Morgan fingerprint density at radius 3 is 2.57 bits per heavy atom. The monoisotopic (exact) mass is 356 g/mol.